The number of hydrogen-bond acceptors (Lipinski definition) is 4. The molecule has 0 amide bonds. The molecule has 0 spiro atoms. The highest BCUT2D eigenvalue weighted by molar-refractivity contribution is 7.73. The van der Waals surface area contributed by atoms with Crippen molar-refractivity contribution in [3.05, 3.63) is 23.9 Å². The van der Waals surface area contributed by atoms with Gasteiger partial charge in [0.1, 0.15) is 5.82 Å². The van der Waals surface area contributed by atoms with E-state index in [0.717, 1.165) is 6.66 Å². The molecule has 0 aliphatic heterocycles. The van der Waals surface area contributed by atoms with E-state index in [0.29, 0.717) is 5.56 Å². The van der Waals surface area contributed by atoms with Crippen LogP contribution in [0.1, 0.15) is 5.56 Å². The Morgan fingerprint density at radius 1 is 1.27 bits per heavy atom. The summed E-state index contributed by atoms with van der Waals surface area (Å²) < 4.78 is 22.9. The van der Waals surface area contributed by atoms with Gasteiger partial charge in [-0.2, -0.15) is 0 Å². The van der Waals surface area contributed by atoms with Crippen LogP contribution in [-0.2, 0) is 9.13 Å². The lowest BCUT2D eigenvalue weighted by atomic mass is 10.2. The third-order valence-electron chi connectivity index (χ3n) is 2.21. The average molecular weight is 338 g/mol. The number of hydrogen-bond donors (Lipinski definition) is 4. The first-order valence-electron chi connectivity index (χ1n) is 5.69. The van der Waals surface area contributed by atoms with E-state index in [2.05, 4.69) is 39.9 Å². The van der Waals surface area contributed by atoms with Gasteiger partial charge in [-0.1, -0.05) is 5.92 Å². The zero-order chi connectivity index (χ0) is 16.8. The molecule has 1 heterocycles. The second-order valence-corrected chi connectivity index (χ2v) is 8.63. The second kappa shape index (κ2) is 7.30. The molecule has 0 aliphatic rings. The van der Waals surface area contributed by atoms with Gasteiger partial charge in [0, 0.05) is 18.4 Å². The summed E-state index contributed by atoms with van der Waals surface area (Å²) in [6, 6.07) is 2.90. The van der Waals surface area contributed by atoms with Gasteiger partial charge in [0.05, 0.1) is 0 Å². The molecular formula is C13H12N2O5P2. The highest BCUT2D eigenvalue weighted by Gasteiger charge is 2.41. The second-order valence-electron chi connectivity index (χ2n) is 4.12. The van der Waals surface area contributed by atoms with Crippen molar-refractivity contribution in [3.63, 3.8) is 0 Å². The van der Waals surface area contributed by atoms with Crippen molar-refractivity contribution in [1.82, 2.24) is 4.98 Å². The highest BCUT2D eigenvalue weighted by atomic mass is 31.2. The Bertz CT molecular complexity index is 789. The first-order chi connectivity index (χ1) is 10.1. The summed E-state index contributed by atoms with van der Waals surface area (Å²) in [4.78, 5) is 31.6. The third-order valence-corrected chi connectivity index (χ3v) is 6.20. The molecule has 114 valence electrons. The lowest BCUT2D eigenvalue weighted by Gasteiger charge is -2.22. The molecule has 9 heteroatoms. The fourth-order valence-corrected chi connectivity index (χ4v) is 4.28. The quantitative estimate of drug-likeness (QED) is 0.474. The topological polar surface area (TPSA) is 120 Å². The molecule has 0 bridgehead atoms. The van der Waals surface area contributed by atoms with Crippen molar-refractivity contribution in [2.24, 2.45) is 0 Å². The maximum absolute atomic E-state index is 11.6. The van der Waals surface area contributed by atoms with E-state index in [1.54, 1.807) is 0 Å². The fourth-order valence-electron chi connectivity index (χ4n) is 1.37. The maximum Gasteiger partial charge on any atom is 0.357 e. The van der Waals surface area contributed by atoms with Crippen molar-refractivity contribution < 1.29 is 23.8 Å². The van der Waals surface area contributed by atoms with Crippen LogP contribution in [-0.4, -0.2) is 31.9 Å². The summed E-state index contributed by atoms with van der Waals surface area (Å²) in [6.45, 7) is 0.850. The summed E-state index contributed by atoms with van der Waals surface area (Å²) in [5.74, 6) is 11.9. The minimum absolute atomic E-state index is 0.00107. The Kier molecular flexibility index (Phi) is 5.98. The Morgan fingerprint density at radius 3 is 2.50 bits per heavy atom. The molecule has 22 heavy (non-hydrogen) atoms. The van der Waals surface area contributed by atoms with Gasteiger partial charge in [-0.25, -0.2) is 4.98 Å². The molecule has 4 N–H and O–H groups in total. The zero-order valence-electron chi connectivity index (χ0n) is 11.4. The van der Waals surface area contributed by atoms with Gasteiger partial charge >= 0.3 is 7.60 Å². The Balaban J connectivity index is 3.08. The number of aromatic nitrogens is 1. The molecule has 0 saturated carbocycles. The van der Waals surface area contributed by atoms with Crippen LogP contribution in [0, 0.1) is 36.0 Å². The van der Waals surface area contributed by atoms with Crippen LogP contribution in [0.5, 0.6) is 0 Å². The first-order valence-corrected chi connectivity index (χ1v) is 9.54. The van der Waals surface area contributed by atoms with Gasteiger partial charge < -0.3 is 20.0 Å². The molecule has 7 nitrogen and oxygen atoms in total. The molecule has 0 fully saturated rings. The average Bonchev–Trinajstić information content (AvgIpc) is 2.39. The number of nitrogens with one attached hydrogen (secondary N) is 1. The van der Waals surface area contributed by atoms with Crippen molar-refractivity contribution in [2.45, 2.75) is 5.52 Å². The number of anilines is 1. The van der Waals surface area contributed by atoms with Gasteiger partial charge in [0.2, 0.25) is 12.9 Å². The molecule has 1 rings (SSSR count). The van der Waals surface area contributed by atoms with Crippen LogP contribution in [0.3, 0.4) is 0 Å². The predicted molar refractivity (Wildman–Crippen MR) is 82.9 cm³/mol. The minimum Gasteiger partial charge on any atom is -0.348 e. The van der Waals surface area contributed by atoms with E-state index in [9.17, 15) is 14.0 Å². The minimum atomic E-state index is -4.85. The highest BCUT2D eigenvalue weighted by Crippen LogP contribution is 2.59. The van der Waals surface area contributed by atoms with Gasteiger partial charge in [-0.15, -0.1) is 6.42 Å². The summed E-state index contributed by atoms with van der Waals surface area (Å²) in [5.41, 5.74) is -1.51. The van der Waals surface area contributed by atoms with Gasteiger partial charge in [-0.05, 0) is 35.8 Å². The largest absolute Gasteiger partial charge is 0.357 e. The SMILES string of the molecule is C#CC#CC#Cc1ccnc(NC(P(C)(=O)O)P(=O)(O)O)c1. The number of terminal acetylenes is 1. The normalized spacial score (nSPS) is 14.1. The fraction of sp³-hybridized carbons (Fsp3) is 0.154. The number of nitrogens with zero attached hydrogens (tertiary/aromatic N) is 1. The molecule has 1 aromatic rings. The van der Waals surface area contributed by atoms with Gasteiger partial charge in [-0.3, -0.25) is 9.13 Å². The molecule has 2 unspecified atom stereocenters. The van der Waals surface area contributed by atoms with E-state index >= 15 is 0 Å². The third kappa shape index (κ3) is 5.76. The smallest absolute Gasteiger partial charge is 0.348 e. The van der Waals surface area contributed by atoms with Crippen LogP contribution in [0.4, 0.5) is 5.82 Å². The molecule has 0 saturated heterocycles. The monoisotopic (exact) mass is 338 g/mol. The lowest BCUT2D eigenvalue weighted by molar-refractivity contribution is 0.367. The first kappa shape index (κ1) is 18.0. The Labute approximate surface area is 127 Å². The Morgan fingerprint density at radius 2 is 1.95 bits per heavy atom. The summed E-state index contributed by atoms with van der Waals surface area (Å²) in [5, 5.41) is 2.28. The van der Waals surface area contributed by atoms with E-state index in [1.807, 2.05) is 0 Å². The summed E-state index contributed by atoms with van der Waals surface area (Å²) in [7, 11) is -8.96. The predicted octanol–water partition coefficient (Wildman–Crippen LogP) is 0.843. The van der Waals surface area contributed by atoms with E-state index in [4.69, 9.17) is 16.2 Å². The van der Waals surface area contributed by atoms with Crippen molar-refractivity contribution in [2.75, 3.05) is 12.0 Å². The van der Waals surface area contributed by atoms with Crippen molar-refractivity contribution >= 4 is 20.8 Å². The van der Waals surface area contributed by atoms with Crippen LogP contribution in [0.25, 0.3) is 0 Å². The van der Waals surface area contributed by atoms with Crippen LogP contribution >= 0.6 is 15.0 Å². The summed E-state index contributed by atoms with van der Waals surface area (Å²) >= 11 is 0. The van der Waals surface area contributed by atoms with Crippen LogP contribution < -0.4 is 5.32 Å². The molecule has 0 aliphatic carbocycles. The standard InChI is InChI=1S/C13H12N2O5P2/c1-3-4-5-6-7-11-8-9-14-12(10-11)15-13(21(2,16)17)22(18,19)20/h1,8-10,13H,2H3,(H,14,15)(H,16,17)(H2,18,19,20). The number of rotatable bonds is 4. The van der Waals surface area contributed by atoms with Gasteiger partial charge in [0.15, 0.2) is 0 Å². The lowest BCUT2D eigenvalue weighted by Crippen LogP contribution is -2.20. The zero-order valence-corrected chi connectivity index (χ0v) is 13.2. The maximum atomic E-state index is 11.6. The molecule has 2 atom stereocenters. The van der Waals surface area contributed by atoms with Crippen LogP contribution in [0.2, 0.25) is 0 Å². The van der Waals surface area contributed by atoms with Crippen molar-refractivity contribution in [3.8, 4) is 36.0 Å². The molecule has 0 aromatic carbocycles. The molecular weight excluding hydrogens is 326 g/mol. The Hall–Kier alpha value is -2.03. The van der Waals surface area contributed by atoms with Crippen molar-refractivity contribution in [1.29, 1.82) is 0 Å². The van der Waals surface area contributed by atoms with E-state index in [1.165, 1.54) is 18.3 Å². The van der Waals surface area contributed by atoms with E-state index < -0.39 is 20.5 Å². The van der Waals surface area contributed by atoms with Crippen LogP contribution in [0.15, 0.2) is 18.3 Å². The summed E-state index contributed by atoms with van der Waals surface area (Å²) in [6.07, 6.45) is 6.26. The molecule has 1 aromatic heterocycles. The van der Waals surface area contributed by atoms with E-state index in [-0.39, 0.29) is 5.82 Å². The van der Waals surface area contributed by atoms with Gasteiger partial charge in [0.25, 0.3) is 0 Å². The molecule has 0 radical (unpaired) electrons. The number of pyridine rings is 1.